The van der Waals surface area contributed by atoms with Gasteiger partial charge in [0.2, 0.25) is 5.88 Å². The Bertz CT molecular complexity index is 359. The van der Waals surface area contributed by atoms with Crippen LogP contribution in [0.3, 0.4) is 0 Å². The molecular weight excluding hydrogens is 212 g/mol. The van der Waals surface area contributed by atoms with E-state index in [1.54, 1.807) is 0 Å². The first-order valence-electron chi connectivity index (χ1n) is 6.59. The Morgan fingerprint density at radius 2 is 2.06 bits per heavy atom. The Balaban J connectivity index is 1.95. The van der Waals surface area contributed by atoms with Gasteiger partial charge in [-0.25, -0.2) is 4.98 Å². The van der Waals surface area contributed by atoms with Crippen LogP contribution in [-0.2, 0) is 6.54 Å². The average molecular weight is 234 g/mol. The summed E-state index contributed by atoms with van der Waals surface area (Å²) in [5, 5.41) is 0. The summed E-state index contributed by atoms with van der Waals surface area (Å²) in [7, 11) is 0. The predicted octanol–water partition coefficient (Wildman–Crippen LogP) is 2.81. The maximum Gasteiger partial charge on any atom is 0.218 e. The number of pyridine rings is 1. The van der Waals surface area contributed by atoms with Crippen LogP contribution in [0.4, 0.5) is 0 Å². The Hall–Kier alpha value is -1.09. The van der Waals surface area contributed by atoms with Crippen molar-refractivity contribution in [1.29, 1.82) is 0 Å². The Morgan fingerprint density at radius 3 is 2.76 bits per heavy atom. The third-order valence-corrected chi connectivity index (χ3v) is 3.48. The van der Waals surface area contributed by atoms with Crippen molar-refractivity contribution in [2.45, 2.75) is 45.6 Å². The predicted molar refractivity (Wildman–Crippen MR) is 68.9 cm³/mol. The standard InChI is InChI=1S/C14H22N2O/c1-11-7-8-13(9-15)14(16-11)17-10-12-5-3-2-4-6-12/h7-8,12H,2-6,9-10,15H2,1H3. The number of nitrogens with zero attached hydrogens (tertiary/aromatic N) is 1. The Labute approximate surface area is 103 Å². The van der Waals surface area contributed by atoms with Crippen molar-refractivity contribution in [2.75, 3.05) is 6.61 Å². The van der Waals surface area contributed by atoms with Crippen molar-refractivity contribution in [1.82, 2.24) is 4.98 Å². The molecule has 17 heavy (non-hydrogen) atoms. The molecule has 0 unspecified atom stereocenters. The first-order chi connectivity index (χ1) is 8.29. The highest BCUT2D eigenvalue weighted by atomic mass is 16.5. The molecule has 1 aromatic rings. The number of ether oxygens (including phenoxy) is 1. The molecule has 1 aliphatic rings. The summed E-state index contributed by atoms with van der Waals surface area (Å²) in [6.45, 7) is 3.27. The first kappa shape index (κ1) is 12.4. The first-order valence-corrected chi connectivity index (χ1v) is 6.59. The van der Waals surface area contributed by atoms with Gasteiger partial charge in [0, 0.05) is 17.8 Å². The third kappa shape index (κ3) is 3.43. The van der Waals surface area contributed by atoms with Gasteiger partial charge in [-0.15, -0.1) is 0 Å². The van der Waals surface area contributed by atoms with Gasteiger partial charge in [0.1, 0.15) is 0 Å². The topological polar surface area (TPSA) is 48.1 Å². The molecule has 2 N–H and O–H groups in total. The van der Waals surface area contributed by atoms with Gasteiger partial charge in [0.15, 0.2) is 0 Å². The maximum absolute atomic E-state index is 5.86. The summed E-state index contributed by atoms with van der Waals surface area (Å²) in [4.78, 5) is 4.43. The zero-order valence-corrected chi connectivity index (χ0v) is 10.6. The summed E-state index contributed by atoms with van der Waals surface area (Å²) in [5.41, 5.74) is 7.68. The normalized spacial score (nSPS) is 17.1. The summed E-state index contributed by atoms with van der Waals surface area (Å²) < 4.78 is 5.86. The zero-order chi connectivity index (χ0) is 12.1. The Kier molecular flexibility index (Phi) is 4.37. The minimum atomic E-state index is 0.493. The second-order valence-electron chi connectivity index (χ2n) is 4.94. The number of aromatic nitrogens is 1. The van der Waals surface area contributed by atoms with Gasteiger partial charge in [-0.05, 0) is 31.7 Å². The molecule has 0 atom stereocenters. The van der Waals surface area contributed by atoms with Gasteiger partial charge in [-0.3, -0.25) is 0 Å². The summed E-state index contributed by atoms with van der Waals surface area (Å²) >= 11 is 0. The smallest absolute Gasteiger partial charge is 0.218 e. The molecule has 1 aliphatic carbocycles. The van der Waals surface area contributed by atoms with E-state index in [2.05, 4.69) is 4.98 Å². The molecular formula is C14H22N2O. The van der Waals surface area contributed by atoms with Crippen LogP contribution < -0.4 is 10.5 Å². The van der Waals surface area contributed by atoms with Crippen molar-refractivity contribution in [2.24, 2.45) is 11.7 Å². The van der Waals surface area contributed by atoms with Crippen molar-refractivity contribution >= 4 is 0 Å². The molecule has 0 bridgehead atoms. The van der Waals surface area contributed by atoms with E-state index in [4.69, 9.17) is 10.5 Å². The molecule has 94 valence electrons. The van der Waals surface area contributed by atoms with E-state index in [0.29, 0.717) is 12.5 Å². The molecule has 0 spiro atoms. The summed E-state index contributed by atoms with van der Waals surface area (Å²) in [6.07, 6.45) is 6.67. The van der Waals surface area contributed by atoms with Gasteiger partial charge in [0.05, 0.1) is 6.61 Å². The molecule has 0 amide bonds. The average Bonchev–Trinajstić information content (AvgIpc) is 2.38. The van der Waals surface area contributed by atoms with E-state index in [9.17, 15) is 0 Å². The lowest BCUT2D eigenvalue weighted by molar-refractivity contribution is 0.201. The van der Waals surface area contributed by atoms with E-state index >= 15 is 0 Å². The van der Waals surface area contributed by atoms with Crippen LogP contribution in [0.2, 0.25) is 0 Å². The van der Waals surface area contributed by atoms with Crippen molar-refractivity contribution < 1.29 is 4.74 Å². The minimum absolute atomic E-state index is 0.493. The number of aryl methyl sites for hydroxylation is 1. The lowest BCUT2D eigenvalue weighted by Crippen LogP contribution is -2.17. The molecule has 1 heterocycles. The highest BCUT2D eigenvalue weighted by Crippen LogP contribution is 2.25. The van der Waals surface area contributed by atoms with Crippen LogP contribution in [-0.4, -0.2) is 11.6 Å². The number of rotatable bonds is 4. The highest BCUT2D eigenvalue weighted by Gasteiger charge is 2.15. The molecule has 0 radical (unpaired) electrons. The molecule has 0 aromatic carbocycles. The minimum Gasteiger partial charge on any atom is -0.477 e. The Morgan fingerprint density at radius 1 is 1.29 bits per heavy atom. The van der Waals surface area contributed by atoms with E-state index in [0.717, 1.165) is 23.7 Å². The van der Waals surface area contributed by atoms with E-state index in [1.165, 1.54) is 32.1 Å². The van der Waals surface area contributed by atoms with Gasteiger partial charge >= 0.3 is 0 Å². The molecule has 1 saturated carbocycles. The zero-order valence-electron chi connectivity index (χ0n) is 10.6. The van der Waals surface area contributed by atoms with E-state index in [-0.39, 0.29) is 0 Å². The van der Waals surface area contributed by atoms with Crippen molar-refractivity contribution in [3.63, 3.8) is 0 Å². The highest BCUT2D eigenvalue weighted by molar-refractivity contribution is 5.27. The van der Waals surface area contributed by atoms with Crippen LogP contribution in [0.15, 0.2) is 12.1 Å². The monoisotopic (exact) mass is 234 g/mol. The van der Waals surface area contributed by atoms with Gasteiger partial charge in [-0.2, -0.15) is 0 Å². The fourth-order valence-corrected chi connectivity index (χ4v) is 2.39. The molecule has 0 saturated heterocycles. The van der Waals surface area contributed by atoms with E-state index in [1.807, 2.05) is 19.1 Å². The van der Waals surface area contributed by atoms with E-state index < -0.39 is 0 Å². The third-order valence-electron chi connectivity index (χ3n) is 3.48. The van der Waals surface area contributed by atoms with Crippen LogP contribution in [0, 0.1) is 12.8 Å². The fourth-order valence-electron chi connectivity index (χ4n) is 2.39. The largest absolute Gasteiger partial charge is 0.477 e. The quantitative estimate of drug-likeness (QED) is 0.871. The number of hydrogen-bond donors (Lipinski definition) is 1. The summed E-state index contributed by atoms with van der Waals surface area (Å²) in [6, 6.07) is 3.99. The van der Waals surface area contributed by atoms with Crippen LogP contribution in [0.5, 0.6) is 5.88 Å². The van der Waals surface area contributed by atoms with Crippen LogP contribution >= 0.6 is 0 Å². The fraction of sp³-hybridized carbons (Fsp3) is 0.643. The maximum atomic E-state index is 5.86. The summed E-state index contributed by atoms with van der Waals surface area (Å²) in [5.74, 6) is 1.44. The van der Waals surface area contributed by atoms with Gasteiger partial charge in [-0.1, -0.05) is 25.3 Å². The lowest BCUT2D eigenvalue weighted by Gasteiger charge is -2.22. The molecule has 1 fully saturated rings. The second-order valence-corrected chi connectivity index (χ2v) is 4.94. The van der Waals surface area contributed by atoms with Gasteiger partial charge < -0.3 is 10.5 Å². The molecule has 2 rings (SSSR count). The second kappa shape index (κ2) is 6.01. The molecule has 3 heteroatoms. The molecule has 3 nitrogen and oxygen atoms in total. The SMILES string of the molecule is Cc1ccc(CN)c(OCC2CCCCC2)n1. The van der Waals surface area contributed by atoms with Crippen LogP contribution in [0.1, 0.15) is 43.4 Å². The number of nitrogens with two attached hydrogens (primary N) is 1. The van der Waals surface area contributed by atoms with Crippen LogP contribution in [0.25, 0.3) is 0 Å². The van der Waals surface area contributed by atoms with Crippen molar-refractivity contribution in [3.8, 4) is 5.88 Å². The number of hydrogen-bond acceptors (Lipinski definition) is 3. The molecule has 1 aromatic heterocycles. The lowest BCUT2D eigenvalue weighted by atomic mass is 9.90. The van der Waals surface area contributed by atoms with Crippen molar-refractivity contribution in [3.05, 3.63) is 23.4 Å². The van der Waals surface area contributed by atoms with Gasteiger partial charge in [0.25, 0.3) is 0 Å². The molecule has 0 aliphatic heterocycles.